The van der Waals surface area contributed by atoms with Gasteiger partial charge in [-0.25, -0.2) is 4.62 Å². The van der Waals surface area contributed by atoms with Crippen molar-refractivity contribution in [2.75, 3.05) is 13.7 Å². The zero-order valence-corrected chi connectivity index (χ0v) is 16.6. The van der Waals surface area contributed by atoms with E-state index in [2.05, 4.69) is 12.4 Å². The summed E-state index contributed by atoms with van der Waals surface area (Å²) in [6, 6.07) is 6.47. The van der Waals surface area contributed by atoms with Gasteiger partial charge in [0.1, 0.15) is 0 Å². The predicted octanol–water partition coefficient (Wildman–Crippen LogP) is 4.95. The molecule has 0 bridgehead atoms. The molecule has 0 aromatic heterocycles. The molecule has 0 amide bonds. The van der Waals surface area contributed by atoms with Gasteiger partial charge in [0.05, 0.1) is 11.4 Å². The first-order valence-electron chi connectivity index (χ1n) is 9.49. The van der Waals surface area contributed by atoms with Crippen molar-refractivity contribution in [3.05, 3.63) is 24.3 Å². The summed E-state index contributed by atoms with van der Waals surface area (Å²) in [5.41, 5.74) is 2.63. The topological polar surface area (TPSA) is 69.9 Å². The van der Waals surface area contributed by atoms with Crippen molar-refractivity contribution in [1.82, 2.24) is 5.48 Å². The minimum Gasteiger partial charge on any atom is -0.320 e. The van der Waals surface area contributed by atoms with E-state index in [0.29, 0.717) is 12.3 Å². The van der Waals surface area contributed by atoms with E-state index < -0.39 is 7.60 Å². The molecule has 6 heteroatoms. The van der Waals surface area contributed by atoms with Crippen molar-refractivity contribution in [2.45, 2.75) is 71.1 Å². The van der Waals surface area contributed by atoms with Crippen LogP contribution in [0.25, 0.3) is 0 Å². The minimum absolute atomic E-state index is 0.224. The smallest absolute Gasteiger partial charge is 0.320 e. The summed E-state index contributed by atoms with van der Waals surface area (Å²) in [6.07, 6.45) is 12.6. The Hall–Kier alpha value is -0.870. The van der Waals surface area contributed by atoms with E-state index in [-0.39, 0.29) is 5.30 Å². The molecular weight excluding hydrogens is 337 g/mol. The lowest BCUT2D eigenvalue weighted by atomic mass is 10.1. The predicted molar refractivity (Wildman–Crippen MR) is 103 cm³/mol. The average Bonchev–Trinajstić information content (AvgIpc) is 2.62. The number of benzene rings is 1. The van der Waals surface area contributed by atoms with Gasteiger partial charge in [0.25, 0.3) is 7.11 Å². The van der Waals surface area contributed by atoms with Crippen LogP contribution in [0.15, 0.2) is 24.3 Å². The van der Waals surface area contributed by atoms with Crippen molar-refractivity contribution in [3.8, 4) is 5.75 Å². The molecule has 1 atom stereocenters. The first-order chi connectivity index (χ1) is 12.1. The van der Waals surface area contributed by atoms with Crippen LogP contribution in [-0.4, -0.2) is 18.5 Å². The molecule has 1 aromatic rings. The van der Waals surface area contributed by atoms with Crippen molar-refractivity contribution < 1.29 is 18.8 Å². The Bertz CT molecular complexity index is 510. The van der Waals surface area contributed by atoms with Crippen LogP contribution in [0.2, 0.25) is 0 Å². The molecule has 1 rings (SSSR count). The number of methoxy groups -OCH3 is 1. The second-order valence-corrected chi connectivity index (χ2v) is 8.13. The Morgan fingerprint density at radius 2 is 1.64 bits per heavy atom. The van der Waals surface area contributed by atoms with Crippen molar-refractivity contribution in [3.63, 3.8) is 0 Å². The third kappa shape index (κ3) is 10.0. The van der Waals surface area contributed by atoms with Gasteiger partial charge in [-0.1, -0.05) is 70.8 Å². The molecule has 5 nitrogen and oxygen atoms in total. The van der Waals surface area contributed by atoms with Gasteiger partial charge in [-0.3, -0.25) is 9.30 Å². The van der Waals surface area contributed by atoms with E-state index in [1.165, 1.54) is 64.5 Å². The highest BCUT2D eigenvalue weighted by Crippen LogP contribution is 2.39. The zero-order valence-electron chi connectivity index (χ0n) is 15.7. The highest BCUT2D eigenvalue weighted by Gasteiger charge is 2.25. The number of hydroxylamine groups is 1. The normalized spacial score (nSPS) is 13.6. The Kier molecular flexibility index (Phi) is 11.8. The molecule has 25 heavy (non-hydrogen) atoms. The molecule has 1 unspecified atom stereocenters. The van der Waals surface area contributed by atoms with Crippen LogP contribution >= 0.6 is 7.60 Å². The highest BCUT2D eigenvalue weighted by molar-refractivity contribution is 7.61. The first-order valence-corrected chi connectivity index (χ1v) is 11.1. The molecule has 143 valence electrons. The molecule has 1 aromatic carbocycles. The largest absolute Gasteiger partial charge is 0.375 e. The minimum atomic E-state index is -3.86. The van der Waals surface area contributed by atoms with E-state index in [4.69, 9.17) is 9.36 Å². The monoisotopic (exact) mass is 371 g/mol. The molecule has 0 fully saturated rings. The lowest BCUT2D eigenvalue weighted by Gasteiger charge is -2.12. The molecule has 0 spiro atoms. The summed E-state index contributed by atoms with van der Waals surface area (Å²) in [7, 11) is -2.34. The molecule has 2 N–H and O–H groups in total. The van der Waals surface area contributed by atoms with E-state index in [1.807, 2.05) is 0 Å². The Morgan fingerprint density at radius 3 is 2.24 bits per heavy atom. The molecule has 0 heterocycles. The van der Waals surface area contributed by atoms with Crippen LogP contribution in [0.4, 0.5) is 0 Å². The number of unbranched alkanes of at least 4 members (excludes halogenated alkanes) is 9. The number of nitrogens with one attached hydrogen (secondary N) is 1. The van der Waals surface area contributed by atoms with Gasteiger partial charge in [-0.15, -0.1) is 0 Å². The molecule has 0 aliphatic carbocycles. The van der Waals surface area contributed by atoms with E-state index in [9.17, 15) is 9.46 Å². The van der Waals surface area contributed by atoms with E-state index in [1.54, 1.807) is 18.2 Å². The van der Waals surface area contributed by atoms with E-state index in [0.717, 1.165) is 12.8 Å². The number of hydrogen-bond donors (Lipinski definition) is 2. The first kappa shape index (κ1) is 22.2. The standard InChI is InChI=1S/C19H34NO4P/c1-3-4-5-6-7-8-9-10-11-12-16-20-24-25(21,22)19-15-13-14-18(17-19)23-2/h13-15,17,20H,3-12,16H2,1-2H3,(H,21,22)/q+1. The highest BCUT2D eigenvalue weighted by atomic mass is 31.2. The van der Waals surface area contributed by atoms with Crippen LogP contribution in [0, 0.1) is 0 Å². The fourth-order valence-electron chi connectivity index (χ4n) is 2.66. The average molecular weight is 371 g/mol. The van der Waals surface area contributed by atoms with E-state index >= 15 is 0 Å². The van der Waals surface area contributed by atoms with Gasteiger partial charge in [0.2, 0.25) is 0 Å². The van der Waals surface area contributed by atoms with Gasteiger partial charge < -0.3 is 4.89 Å². The van der Waals surface area contributed by atoms with Crippen molar-refractivity contribution >= 4 is 12.9 Å². The summed E-state index contributed by atoms with van der Waals surface area (Å²) in [4.78, 5) is 9.98. The van der Waals surface area contributed by atoms with Crippen LogP contribution < -0.4 is 15.5 Å². The van der Waals surface area contributed by atoms with Crippen LogP contribution in [0.5, 0.6) is 5.75 Å². The van der Waals surface area contributed by atoms with Gasteiger partial charge in [-0.05, 0) is 12.5 Å². The van der Waals surface area contributed by atoms with Crippen LogP contribution in [-0.2, 0) is 9.19 Å². The number of ether oxygens (including phenoxy) is 1. The Balaban J connectivity index is 2.06. The Labute approximate surface area is 152 Å². The summed E-state index contributed by atoms with van der Waals surface area (Å²) >= 11 is 0. The Morgan fingerprint density at radius 1 is 1.04 bits per heavy atom. The summed E-state index contributed by atoms with van der Waals surface area (Å²) in [6.45, 7) is 2.81. The summed E-state index contributed by atoms with van der Waals surface area (Å²) in [5.74, 6) is 0.532. The van der Waals surface area contributed by atoms with Gasteiger partial charge >= 0.3 is 13.3 Å². The number of hydrogen-bond acceptors (Lipinski definition) is 4. The maximum absolute atomic E-state index is 12.2. The van der Waals surface area contributed by atoms with Crippen LogP contribution in [0.1, 0.15) is 71.1 Å². The lowest BCUT2D eigenvalue weighted by molar-refractivity contribution is 0.170. The number of rotatable bonds is 15. The summed E-state index contributed by atoms with van der Waals surface area (Å²) in [5, 5.41) is 0.224. The van der Waals surface area contributed by atoms with Crippen LogP contribution in [0.3, 0.4) is 0 Å². The van der Waals surface area contributed by atoms with Gasteiger partial charge in [0, 0.05) is 12.6 Å². The SMILES string of the molecule is CCCCCCCCCCCCNOP(=O)(O)c1cccc([O+]C)c1. The van der Waals surface area contributed by atoms with Crippen molar-refractivity contribution in [1.29, 1.82) is 0 Å². The molecule has 1 radical (unpaired) electrons. The maximum Gasteiger partial charge on any atom is 0.375 e. The second kappa shape index (κ2) is 13.3. The quantitative estimate of drug-likeness (QED) is 0.198. The lowest BCUT2D eigenvalue weighted by Crippen LogP contribution is -2.19. The third-order valence-corrected chi connectivity index (χ3v) is 5.51. The maximum atomic E-state index is 12.2. The molecular formula is C19H34NO4P+. The zero-order chi connectivity index (χ0) is 18.4. The molecule has 0 aliphatic rings. The fraction of sp³-hybridized carbons (Fsp3) is 0.684. The second-order valence-electron chi connectivity index (χ2n) is 6.39. The molecule has 0 saturated carbocycles. The molecule has 0 aliphatic heterocycles. The summed E-state index contributed by atoms with van der Waals surface area (Å²) < 4.78 is 22.2. The van der Waals surface area contributed by atoms with Gasteiger partial charge in [-0.2, -0.15) is 5.48 Å². The van der Waals surface area contributed by atoms with Crippen molar-refractivity contribution in [2.24, 2.45) is 0 Å². The third-order valence-electron chi connectivity index (χ3n) is 4.20. The van der Waals surface area contributed by atoms with Gasteiger partial charge in [0.15, 0.2) is 0 Å². The molecule has 0 saturated heterocycles. The fourth-order valence-corrected chi connectivity index (χ4v) is 3.59.